The zero-order valence-corrected chi connectivity index (χ0v) is 18.7. The Kier molecular flexibility index (Phi) is 6.57. The van der Waals surface area contributed by atoms with Gasteiger partial charge in [-0.15, -0.1) is 0 Å². The first-order valence-electron chi connectivity index (χ1n) is 10.4. The van der Waals surface area contributed by atoms with Gasteiger partial charge < -0.3 is 19.9 Å². The van der Waals surface area contributed by atoms with Crippen molar-refractivity contribution in [1.29, 1.82) is 0 Å². The molecule has 0 saturated carbocycles. The first-order chi connectivity index (χ1) is 16.0. The Labute approximate surface area is 191 Å². The summed E-state index contributed by atoms with van der Waals surface area (Å²) in [6.07, 6.45) is 3.34. The Balaban J connectivity index is 1.51. The molecule has 0 spiro atoms. The third-order valence-corrected chi connectivity index (χ3v) is 4.85. The van der Waals surface area contributed by atoms with E-state index in [9.17, 15) is 4.79 Å². The molecule has 3 heterocycles. The van der Waals surface area contributed by atoms with Gasteiger partial charge in [0.15, 0.2) is 0 Å². The fourth-order valence-corrected chi connectivity index (χ4v) is 3.14. The summed E-state index contributed by atoms with van der Waals surface area (Å²) in [6, 6.07) is 15.5. The van der Waals surface area contributed by atoms with Crippen molar-refractivity contribution in [3.05, 3.63) is 65.4 Å². The van der Waals surface area contributed by atoms with E-state index in [0.717, 1.165) is 23.1 Å². The lowest BCUT2D eigenvalue weighted by atomic mass is 10.2. The molecular weight excluding hydrogens is 418 g/mol. The van der Waals surface area contributed by atoms with Gasteiger partial charge >= 0.3 is 11.9 Å². The normalized spacial score (nSPS) is 10.7. The van der Waals surface area contributed by atoms with Crippen LogP contribution >= 0.6 is 0 Å². The molecular formula is C24H24N7O2+. The van der Waals surface area contributed by atoms with Crippen molar-refractivity contribution >= 4 is 28.3 Å². The number of carbonyl (C=O) groups is 1. The third-order valence-electron chi connectivity index (χ3n) is 4.85. The van der Waals surface area contributed by atoms with E-state index in [4.69, 9.17) is 4.74 Å². The molecule has 0 radical (unpaired) electrons. The summed E-state index contributed by atoms with van der Waals surface area (Å²) >= 11 is 0. The number of anilines is 2. The molecule has 1 aromatic carbocycles. The molecule has 2 N–H and O–H groups in total. The molecule has 3 aromatic heterocycles. The second-order valence-corrected chi connectivity index (χ2v) is 7.58. The molecule has 166 valence electrons. The number of nitrogens with zero attached hydrogens (tertiary/aromatic N) is 5. The number of aromatic nitrogens is 4. The Hall–Kier alpha value is -4.29. The molecule has 9 nitrogen and oxygen atoms in total. The highest BCUT2D eigenvalue weighted by Gasteiger charge is 2.13. The molecule has 0 unspecified atom stereocenters. The Morgan fingerprint density at radius 3 is 2.79 bits per heavy atom. The topological polar surface area (TPSA) is 100 Å². The fraction of sp³-hybridized carbons (Fsp3) is 0.208. The lowest BCUT2D eigenvalue weighted by Gasteiger charge is -2.07. The van der Waals surface area contributed by atoms with Crippen LogP contribution in [-0.2, 0) is 0 Å². The van der Waals surface area contributed by atoms with Crippen LogP contribution in [0.15, 0.2) is 54.9 Å². The van der Waals surface area contributed by atoms with Gasteiger partial charge in [-0.2, -0.15) is 0 Å². The van der Waals surface area contributed by atoms with Gasteiger partial charge in [0.25, 0.3) is 6.54 Å². The van der Waals surface area contributed by atoms with Crippen LogP contribution in [0, 0.1) is 6.07 Å². The molecule has 0 aliphatic heterocycles. The van der Waals surface area contributed by atoms with Gasteiger partial charge in [-0.3, -0.25) is 9.78 Å². The minimum absolute atomic E-state index is 0.277. The number of ether oxygens (including phenoxy) is 1. The maximum atomic E-state index is 12.4. The van der Waals surface area contributed by atoms with Crippen molar-refractivity contribution in [3.63, 3.8) is 0 Å². The van der Waals surface area contributed by atoms with Crippen molar-refractivity contribution < 1.29 is 9.53 Å². The van der Waals surface area contributed by atoms with Crippen LogP contribution in [0.5, 0.6) is 5.75 Å². The number of rotatable bonds is 7. The van der Waals surface area contributed by atoms with Crippen LogP contribution < -0.4 is 10.1 Å². The molecule has 4 aromatic rings. The molecule has 33 heavy (non-hydrogen) atoms. The molecule has 0 atom stereocenters. The molecule has 0 fully saturated rings. The molecule has 0 aliphatic carbocycles. The maximum Gasteiger partial charge on any atom is 0.357 e. The Bertz CT molecular complexity index is 1350. The number of carbonyl (C=O) groups excluding carboxylic acids is 1. The monoisotopic (exact) mass is 442 g/mol. The lowest BCUT2D eigenvalue weighted by Crippen LogP contribution is -2.14. The van der Waals surface area contributed by atoms with Crippen LogP contribution in [-0.4, -0.2) is 64.9 Å². The first-order valence-corrected chi connectivity index (χ1v) is 10.4. The minimum atomic E-state index is -0.277. The van der Waals surface area contributed by atoms with Crippen LogP contribution in [0.25, 0.3) is 27.1 Å². The zero-order chi connectivity index (χ0) is 23.2. The standard InChI is InChI=1S/C24H23N7O2/c1-31(2)11-10-25-15-23(32)22-13-16-12-17(4-5-19(16)29-22)28-24-27-9-7-20(30-24)21-14-18(33-3)6-8-26-21/h4-9,12-14,32H,10-11H2,1-3H3/p+1. The summed E-state index contributed by atoms with van der Waals surface area (Å²) in [5, 5.41) is 4.09. The summed E-state index contributed by atoms with van der Waals surface area (Å²) in [5.74, 6) is 0.863. The van der Waals surface area contributed by atoms with Crippen LogP contribution in [0.2, 0.25) is 0 Å². The number of hydrogen-bond acceptors (Lipinski definition) is 7. The third kappa shape index (κ3) is 5.50. The number of nitrogens with one attached hydrogen (secondary N) is 2. The number of fused-ring (bicyclic) bond motifs is 1. The number of methoxy groups -OCH3 is 1. The van der Waals surface area contributed by atoms with Crippen molar-refractivity contribution in [2.45, 2.75) is 0 Å². The molecule has 4 rings (SSSR count). The zero-order valence-electron chi connectivity index (χ0n) is 18.7. The average Bonchev–Trinajstić information content (AvgIpc) is 3.25. The summed E-state index contributed by atoms with van der Waals surface area (Å²) in [5.41, 5.74) is 3.44. The highest BCUT2D eigenvalue weighted by molar-refractivity contribution is 6.09. The Morgan fingerprint density at radius 2 is 1.97 bits per heavy atom. The highest BCUT2D eigenvalue weighted by atomic mass is 16.5. The number of H-pyrrole nitrogens is 1. The SMILES string of the molecule is COc1ccnc(-c2ccnc(Nc3ccc4[nH]c(C(=O)C#[N+]CCN(C)C)cc4c3)n2)c1. The van der Waals surface area contributed by atoms with Gasteiger partial charge in [-0.25, -0.2) is 9.97 Å². The number of aromatic amines is 1. The molecule has 0 saturated heterocycles. The predicted molar refractivity (Wildman–Crippen MR) is 128 cm³/mol. The summed E-state index contributed by atoms with van der Waals surface area (Å²) < 4.78 is 5.26. The number of likely N-dealkylation sites (N-methyl/N-ethyl adjacent to an activating group) is 1. The van der Waals surface area contributed by atoms with E-state index in [2.05, 4.69) is 36.2 Å². The Morgan fingerprint density at radius 1 is 1.12 bits per heavy atom. The van der Waals surface area contributed by atoms with Crippen LogP contribution in [0.3, 0.4) is 0 Å². The van der Waals surface area contributed by atoms with E-state index in [0.29, 0.717) is 35.3 Å². The number of pyridine rings is 1. The van der Waals surface area contributed by atoms with Crippen molar-refractivity contribution in [3.8, 4) is 23.2 Å². The van der Waals surface area contributed by atoms with Gasteiger partial charge in [0, 0.05) is 35.1 Å². The number of Topliss-reactive ketones (excluding diaryl/α,β-unsaturated/α-hetero) is 1. The van der Waals surface area contributed by atoms with E-state index in [1.165, 1.54) is 0 Å². The quantitative estimate of drug-likeness (QED) is 0.331. The molecule has 0 aliphatic rings. The number of ketones is 1. The number of hydrogen-bond donors (Lipinski definition) is 2. The van der Waals surface area contributed by atoms with E-state index in [1.807, 2.05) is 43.3 Å². The highest BCUT2D eigenvalue weighted by Crippen LogP contribution is 2.24. The van der Waals surface area contributed by atoms with Gasteiger partial charge in [0.2, 0.25) is 5.95 Å². The van der Waals surface area contributed by atoms with Gasteiger partial charge in [0.05, 0.1) is 25.0 Å². The van der Waals surface area contributed by atoms with Crippen molar-refractivity contribution in [2.24, 2.45) is 0 Å². The largest absolute Gasteiger partial charge is 0.497 e. The van der Waals surface area contributed by atoms with Crippen LogP contribution in [0.1, 0.15) is 10.5 Å². The van der Waals surface area contributed by atoms with Gasteiger partial charge in [-0.05, 0) is 50.5 Å². The summed E-state index contributed by atoms with van der Waals surface area (Å²) in [7, 11) is 5.52. The molecule has 9 heteroatoms. The fourth-order valence-electron chi connectivity index (χ4n) is 3.14. The lowest BCUT2D eigenvalue weighted by molar-refractivity contribution is 0.105. The summed E-state index contributed by atoms with van der Waals surface area (Å²) in [4.78, 5) is 34.7. The van der Waals surface area contributed by atoms with E-state index < -0.39 is 0 Å². The smallest absolute Gasteiger partial charge is 0.357 e. The minimum Gasteiger partial charge on any atom is -0.497 e. The second-order valence-electron chi connectivity index (χ2n) is 7.58. The van der Waals surface area contributed by atoms with Crippen LogP contribution in [0.4, 0.5) is 11.6 Å². The predicted octanol–water partition coefficient (Wildman–Crippen LogP) is 3.85. The van der Waals surface area contributed by atoms with E-state index >= 15 is 0 Å². The number of benzene rings is 1. The maximum absolute atomic E-state index is 12.4. The van der Waals surface area contributed by atoms with Crippen molar-refractivity contribution in [1.82, 2.24) is 24.8 Å². The average molecular weight is 443 g/mol. The van der Waals surface area contributed by atoms with Crippen molar-refractivity contribution in [2.75, 3.05) is 39.6 Å². The molecule has 0 amide bonds. The second kappa shape index (κ2) is 9.89. The van der Waals surface area contributed by atoms with E-state index in [-0.39, 0.29) is 5.78 Å². The van der Waals surface area contributed by atoms with E-state index in [1.54, 1.807) is 37.7 Å². The van der Waals surface area contributed by atoms with Gasteiger partial charge in [-0.1, -0.05) is 4.85 Å². The first kappa shape index (κ1) is 21.9. The summed E-state index contributed by atoms with van der Waals surface area (Å²) in [6.45, 7) is 1.29. The van der Waals surface area contributed by atoms with Gasteiger partial charge in [0.1, 0.15) is 11.4 Å². The molecule has 0 bridgehead atoms.